The van der Waals surface area contributed by atoms with Crippen LogP contribution in [-0.4, -0.2) is 27.2 Å². The van der Waals surface area contributed by atoms with E-state index in [1.807, 2.05) is 6.07 Å². The van der Waals surface area contributed by atoms with Crippen molar-refractivity contribution in [3.8, 4) is 0 Å². The minimum absolute atomic E-state index is 0.0669. The predicted octanol–water partition coefficient (Wildman–Crippen LogP) is 1.53. The van der Waals surface area contributed by atoms with E-state index in [1.54, 1.807) is 24.3 Å². The molecule has 1 aliphatic carbocycles. The molecule has 1 N–H and O–H groups in total. The Morgan fingerprint density at radius 1 is 1.11 bits per heavy atom. The first kappa shape index (κ1) is 12.1. The summed E-state index contributed by atoms with van der Waals surface area (Å²) in [5, 5.41) is 0. The number of benzene rings is 1. The van der Waals surface area contributed by atoms with E-state index >= 15 is 0 Å². The summed E-state index contributed by atoms with van der Waals surface area (Å²) >= 11 is 0. The smallest absolute Gasteiger partial charge is 0.240 e. The second-order valence-electron chi connectivity index (χ2n) is 5.00. The maximum Gasteiger partial charge on any atom is 0.240 e. The molecule has 98 valence electrons. The Bertz CT molecular complexity index is 510. The van der Waals surface area contributed by atoms with Crippen LogP contribution < -0.4 is 4.72 Å². The molecule has 2 aliphatic rings. The summed E-state index contributed by atoms with van der Waals surface area (Å²) in [4.78, 5) is 0.325. The van der Waals surface area contributed by atoms with Gasteiger partial charge in [-0.25, -0.2) is 13.1 Å². The van der Waals surface area contributed by atoms with Gasteiger partial charge in [0.25, 0.3) is 0 Å². The van der Waals surface area contributed by atoms with Gasteiger partial charge in [-0.05, 0) is 37.3 Å². The Morgan fingerprint density at radius 2 is 1.83 bits per heavy atom. The second kappa shape index (κ2) is 4.64. The zero-order valence-electron chi connectivity index (χ0n) is 10.1. The topological polar surface area (TPSA) is 55.4 Å². The molecule has 3 rings (SSSR count). The maximum absolute atomic E-state index is 12.2. The van der Waals surface area contributed by atoms with Gasteiger partial charge in [-0.1, -0.05) is 18.2 Å². The number of rotatable bonds is 4. The van der Waals surface area contributed by atoms with E-state index in [0.717, 1.165) is 19.3 Å². The molecule has 1 aromatic rings. The zero-order chi connectivity index (χ0) is 12.6. The lowest BCUT2D eigenvalue weighted by molar-refractivity contribution is 0.0848. The molecule has 0 aromatic heterocycles. The van der Waals surface area contributed by atoms with Gasteiger partial charge in [0.1, 0.15) is 0 Å². The van der Waals surface area contributed by atoms with Crippen LogP contribution >= 0.6 is 0 Å². The Kier molecular flexibility index (Phi) is 3.13. The molecular formula is C13H17NO3S. The lowest BCUT2D eigenvalue weighted by Gasteiger charge is -2.19. The van der Waals surface area contributed by atoms with Gasteiger partial charge < -0.3 is 4.74 Å². The highest BCUT2D eigenvalue weighted by Gasteiger charge is 2.42. The largest absolute Gasteiger partial charge is 0.376 e. The van der Waals surface area contributed by atoms with E-state index < -0.39 is 10.0 Å². The third-order valence-corrected chi connectivity index (χ3v) is 5.09. The molecule has 18 heavy (non-hydrogen) atoms. The third-order valence-electron chi connectivity index (χ3n) is 3.58. The van der Waals surface area contributed by atoms with Crippen molar-refractivity contribution in [2.45, 2.75) is 36.3 Å². The molecule has 5 heteroatoms. The second-order valence-corrected chi connectivity index (χ2v) is 6.72. The molecule has 2 atom stereocenters. The molecule has 4 nitrogen and oxygen atoms in total. The fourth-order valence-corrected chi connectivity index (χ4v) is 3.80. The van der Waals surface area contributed by atoms with Gasteiger partial charge in [0.05, 0.1) is 17.0 Å². The quantitative estimate of drug-likeness (QED) is 0.900. The summed E-state index contributed by atoms with van der Waals surface area (Å²) in [5.74, 6) is 0.552. The van der Waals surface area contributed by atoms with Crippen molar-refractivity contribution in [1.82, 2.24) is 4.72 Å². The van der Waals surface area contributed by atoms with Gasteiger partial charge in [0.2, 0.25) is 10.0 Å². The average molecular weight is 267 g/mol. The molecule has 2 fully saturated rings. The molecule has 1 aliphatic heterocycles. The van der Waals surface area contributed by atoms with Crippen LogP contribution in [0.2, 0.25) is 0 Å². The van der Waals surface area contributed by atoms with E-state index in [4.69, 9.17) is 4.74 Å². The Balaban J connectivity index is 1.75. The first-order valence-electron chi connectivity index (χ1n) is 6.36. The standard InChI is InChI=1S/C13H17NO3S/c15-18(16,11-4-2-1-3-5-11)14-12-8-9-17-13(12)10-6-7-10/h1-5,10,12-14H,6-9H2. The van der Waals surface area contributed by atoms with Crippen LogP contribution in [0, 0.1) is 5.92 Å². The van der Waals surface area contributed by atoms with Crippen LogP contribution in [0.5, 0.6) is 0 Å². The molecular weight excluding hydrogens is 250 g/mol. The van der Waals surface area contributed by atoms with Gasteiger partial charge in [0.15, 0.2) is 0 Å². The van der Waals surface area contributed by atoms with Crippen LogP contribution in [0.15, 0.2) is 35.2 Å². The molecule has 1 saturated carbocycles. The molecule has 0 bridgehead atoms. The average Bonchev–Trinajstić information content (AvgIpc) is 3.12. The highest BCUT2D eigenvalue weighted by Crippen LogP contribution is 2.39. The molecule has 1 heterocycles. The van der Waals surface area contributed by atoms with E-state index in [2.05, 4.69) is 4.72 Å². The van der Waals surface area contributed by atoms with Crippen LogP contribution in [0.1, 0.15) is 19.3 Å². The maximum atomic E-state index is 12.2. The van der Waals surface area contributed by atoms with Gasteiger partial charge >= 0.3 is 0 Å². The van der Waals surface area contributed by atoms with Crippen LogP contribution in [-0.2, 0) is 14.8 Å². The van der Waals surface area contributed by atoms with Crippen molar-refractivity contribution in [2.24, 2.45) is 5.92 Å². The highest BCUT2D eigenvalue weighted by atomic mass is 32.2. The Hall–Kier alpha value is -0.910. The fourth-order valence-electron chi connectivity index (χ4n) is 2.49. The molecule has 0 radical (unpaired) electrons. The zero-order valence-corrected chi connectivity index (χ0v) is 10.9. The van der Waals surface area contributed by atoms with E-state index in [0.29, 0.717) is 17.4 Å². The summed E-state index contributed by atoms with van der Waals surface area (Å²) in [6.45, 7) is 0.656. The Morgan fingerprint density at radius 3 is 2.50 bits per heavy atom. The number of hydrogen-bond acceptors (Lipinski definition) is 3. The monoisotopic (exact) mass is 267 g/mol. The summed E-state index contributed by atoms with van der Waals surface area (Å²) in [6.07, 6.45) is 3.17. The van der Waals surface area contributed by atoms with Crippen molar-refractivity contribution >= 4 is 10.0 Å². The number of sulfonamides is 1. The molecule has 1 saturated heterocycles. The molecule has 0 amide bonds. The van der Waals surface area contributed by atoms with Crippen molar-refractivity contribution in [3.63, 3.8) is 0 Å². The van der Waals surface area contributed by atoms with Crippen LogP contribution in [0.25, 0.3) is 0 Å². The first-order chi connectivity index (χ1) is 8.67. The fraction of sp³-hybridized carbons (Fsp3) is 0.538. The minimum Gasteiger partial charge on any atom is -0.376 e. The Labute approximate surface area is 107 Å². The lowest BCUT2D eigenvalue weighted by Crippen LogP contribution is -2.41. The number of ether oxygens (including phenoxy) is 1. The number of hydrogen-bond donors (Lipinski definition) is 1. The molecule has 1 aromatic carbocycles. The van der Waals surface area contributed by atoms with Gasteiger partial charge in [0, 0.05) is 6.61 Å². The van der Waals surface area contributed by atoms with Crippen molar-refractivity contribution < 1.29 is 13.2 Å². The highest BCUT2D eigenvalue weighted by molar-refractivity contribution is 7.89. The van der Waals surface area contributed by atoms with Crippen LogP contribution in [0.3, 0.4) is 0 Å². The van der Waals surface area contributed by atoms with Crippen molar-refractivity contribution in [1.29, 1.82) is 0 Å². The minimum atomic E-state index is -3.41. The van der Waals surface area contributed by atoms with E-state index in [1.165, 1.54) is 0 Å². The van der Waals surface area contributed by atoms with E-state index in [-0.39, 0.29) is 12.1 Å². The predicted molar refractivity (Wildman–Crippen MR) is 67.6 cm³/mol. The van der Waals surface area contributed by atoms with Crippen molar-refractivity contribution in [2.75, 3.05) is 6.61 Å². The molecule has 0 spiro atoms. The summed E-state index contributed by atoms with van der Waals surface area (Å²) in [6, 6.07) is 8.44. The third kappa shape index (κ3) is 2.43. The first-order valence-corrected chi connectivity index (χ1v) is 7.84. The summed E-state index contributed by atoms with van der Waals surface area (Å²) in [7, 11) is -3.41. The van der Waals surface area contributed by atoms with Crippen LogP contribution in [0.4, 0.5) is 0 Å². The molecule has 2 unspecified atom stereocenters. The normalized spacial score (nSPS) is 28.4. The van der Waals surface area contributed by atoms with Gasteiger partial charge in [-0.3, -0.25) is 0 Å². The number of nitrogens with one attached hydrogen (secondary N) is 1. The summed E-state index contributed by atoms with van der Waals surface area (Å²) in [5.41, 5.74) is 0. The van der Waals surface area contributed by atoms with Gasteiger partial charge in [-0.2, -0.15) is 0 Å². The van der Waals surface area contributed by atoms with Gasteiger partial charge in [-0.15, -0.1) is 0 Å². The van der Waals surface area contributed by atoms with Crippen molar-refractivity contribution in [3.05, 3.63) is 30.3 Å². The van der Waals surface area contributed by atoms with E-state index in [9.17, 15) is 8.42 Å². The SMILES string of the molecule is O=S(=O)(NC1CCOC1C1CC1)c1ccccc1. The summed E-state index contributed by atoms with van der Waals surface area (Å²) < 4.78 is 32.9. The lowest BCUT2D eigenvalue weighted by atomic mass is 10.1.